The number of hydrogen-bond acceptors (Lipinski definition) is 3. The van der Waals surface area contributed by atoms with Gasteiger partial charge in [-0.3, -0.25) is 0 Å². The first-order valence-corrected chi connectivity index (χ1v) is 8.73. The van der Waals surface area contributed by atoms with Crippen molar-refractivity contribution in [1.82, 2.24) is 5.32 Å². The van der Waals surface area contributed by atoms with E-state index in [1.807, 2.05) is 24.3 Å². The summed E-state index contributed by atoms with van der Waals surface area (Å²) in [6.07, 6.45) is 0. The predicted octanol–water partition coefficient (Wildman–Crippen LogP) is 5.63. The number of halogens is 2. The fourth-order valence-corrected chi connectivity index (χ4v) is 3.41. The topological polar surface area (TPSA) is 21.3 Å². The van der Waals surface area contributed by atoms with Crippen LogP contribution in [0.2, 0.25) is 5.02 Å². The first-order chi connectivity index (χ1) is 9.85. The van der Waals surface area contributed by atoms with Crippen LogP contribution in [0.25, 0.3) is 0 Å². The van der Waals surface area contributed by atoms with Crippen LogP contribution in [0.1, 0.15) is 31.2 Å². The molecular formula is C16H19BrClNOS. The van der Waals surface area contributed by atoms with Gasteiger partial charge in [0.05, 0.1) is 3.79 Å². The van der Waals surface area contributed by atoms with Crippen LogP contribution in [0, 0.1) is 0 Å². The molecule has 0 amide bonds. The second kappa shape index (κ2) is 7.14. The molecule has 2 rings (SSSR count). The first kappa shape index (κ1) is 16.8. The average Bonchev–Trinajstić information content (AvgIpc) is 2.80. The Morgan fingerprint density at radius 3 is 2.62 bits per heavy atom. The van der Waals surface area contributed by atoms with Gasteiger partial charge in [-0.1, -0.05) is 17.7 Å². The minimum atomic E-state index is 0.0368. The van der Waals surface area contributed by atoms with Crippen molar-refractivity contribution in [3.05, 3.63) is 49.6 Å². The highest BCUT2D eigenvalue weighted by molar-refractivity contribution is 9.11. The van der Waals surface area contributed by atoms with Crippen molar-refractivity contribution in [3.63, 3.8) is 0 Å². The van der Waals surface area contributed by atoms with E-state index in [1.165, 1.54) is 4.88 Å². The van der Waals surface area contributed by atoms with Crippen LogP contribution >= 0.6 is 38.9 Å². The van der Waals surface area contributed by atoms with E-state index in [9.17, 15) is 0 Å². The van der Waals surface area contributed by atoms with Crippen LogP contribution in [0.3, 0.4) is 0 Å². The summed E-state index contributed by atoms with van der Waals surface area (Å²) in [5.74, 6) is 0.837. The minimum absolute atomic E-state index is 0.0368. The number of nitrogens with one attached hydrogen (secondary N) is 1. The lowest BCUT2D eigenvalue weighted by Gasteiger charge is -2.22. The Bertz CT molecular complexity index is 607. The molecule has 1 heterocycles. The van der Waals surface area contributed by atoms with Crippen molar-refractivity contribution in [2.45, 2.75) is 39.5 Å². The van der Waals surface area contributed by atoms with Gasteiger partial charge in [0.2, 0.25) is 0 Å². The van der Waals surface area contributed by atoms with E-state index in [1.54, 1.807) is 11.3 Å². The van der Waals surface area contributed by atoms with E-state index in [0.29, 0.717) is 13.2 Å². The van der Waals surface area contributed by atoms with Crippen LogP contribution < -0.4 is 10.1 Å². The maximum atomic E-state index is 6.32. The summed E-state index contributed by atoms with van der Waals surface area (Å²) in [6, 6.07) is 9.88. The number of ether oxygens (including phenoxy) is 1. The maximum absolute atomic E-state index is 6.32. The van der Waals surface area contributed by atoms with Crippen molar-refractivity contribution in [2.24, 2.45) is 0 Å². The fraction of sp³-hybridized carbons (Fsp3) is 0.375. The molecule has 0 aliphatic carbocycles. The Hall–Kier alpha value is -0.550. The number of benzene rings is 1. The Morgan fingerprint density at radius 1 is 1.24 bits per heavy atom. The second-order valence-electron chi connectivity index (χ2n) is 5.81. The van der Waals surface area contributed by atoms with Crippen LogP contribution in [0.5, 0.6) is 5.75 Å². The van der Waals surface area contributed by atoms with Gasteiger partial charge in [0.25, 0.3) is 0 Å². The Balaban J connectivity index is 2.09. The average molecular weight is 389 g/mol. The van der Waals surface area contributed by atoms with Crippen LogP contribution in [-0.4, -0.2) is 5.54 Å². The summed E-state index contributed by atoms with van der Waals surface area (Å²) in [4.78, 5) is 1.18. The highest BCUT2D eigenvalue weighted by Crippen LogP contribution is 2.29. The summed E-state index contributed by atoms with van der Waals surface area (Å²) >= 11 is 11.5. The number of thiophene rings is 1. The van der Waals surface area contributed by atoms with E-state index in [4.69, 9.17) is 16.3 Å². The molecule has 1 aromatic carbocycles. The van der Waals surface area contributed by atoms with E-state index in [2.05, 4.69) is 48.1 Å². The molecule has 0 fully saturated rings. The molecule has 21 heavy (non-hydrogen) atoms. The molecule has 0 unspecified atom stereocenters. The molecule has 0 bridgehead atoms. The zero-order valence-corrected chi connectivity index (χ0v) is 15.5. The van der Waals surface area contributed by atoms with Crippen molar-refractivity contribution in [3.8, 4) is 5.75 Å². The summed E-state index contributed by atoms with van der Waals surface area (Å²) in [5.41, 5.74) is 1.04. The smallest absolute Gasteiger partial charge is 0.125 e. The normalized spacial score (nSPS) is 11.7. The van der Waals surface area contributed by atoms with E-state index in [0.717, 1.165) is 20.1 Å². The van der Waals surface area contributed by atoms with Crippen LogP contribution in [0.4, 0.5) is 0 Å². The van der Waals surface area contributed by atoms with Crippen molar-refractivity contribution >= 4 is 38.9 Å². The zero-order valence-electron chi connectivity index (χ0n) is 12.4. The van der Waals surface area contributed by atoms with Gasteiger partial charge in [-0.05, 0) is 61.0 Å². The highest BCUT2D eigenvalue weighted by Gasteiger charge is 2.13. The van der Waals surface area contributed by atoms with Gasteiger partial charge in [0.1, 0.15) is 12.4 Å². The molecular weight excluding hydrogens is 370 g/mol. The largest absolute Gasteiger partial charge is 0.488 e. The molecule has 0 aliphatic rings. The lowest BCUT2D eigenvalue weighted by Crippen LogP contribution is -2.35. The van der Waals surface area contributed by atoms with E-state index in [-0.39, 0.29) is 5.54 Å². The molecule has 114 valence electrons. The Morgan fingerprint density at radius 2 is 2.00 bits per heavy atom. The van der Waals surface area contributed by atoms with Gasteiger partial charge < -0.3 is 10.1 Å². The van der Waals surface area contributed by atoms with Crippen LogP contribution in [0.15, 0.2) is 34.1 Å². The Labute approximate surface area is 143 Å². The zero-order chi connectivity index (χ0) is 15.5. The molecule has 0 radical (unpaired) electrons. The molecule has 0 spiro atoms. The molecule has 1 N–H and O–H groups in total. The second-order valence-corrected chi connectivity index (χ2v) is 8.77. The van der Waals surface area contributed by atoms with Gasteiger partial charge in [-0.25, -0.2) is 0 Å². The lowest BCUT2D eigenvalue weighted by atomic mass is 10.1. The summed E-state index contributed by atoms with van der Waals surface area (Å²) in [7, 11) is 0. The third-order valence-corrected chi connectivity index (χ3v) is 4.82. The first-order valence-electron chi connectivity index (χ1n) is 6.74. The fourth-order valence-electron chi connectivity index (χ4n) is 1.78. The van der Waals surface area contributed by atoms with Gasteiger partial charge in [0, 0.05) is 27.5 Å². The SMILES string of the molecule is CC(C)(C)NCc1c(Cl)cccc1OCc1ccc(Br)s1. The summed E-state index contributed by atoms with van der Waals surface area (Å²) < 4.78 is 7.06. The molecule has 0 aliphatic heterocycles. The third-order valence-electron chi connectivity index (χ3n) is 2.87. The van der Waals surface area contributed by atoms with Gasteiger partial charge in [-0.2, -0.15) is 0 Å². The molecule has 2 nitrogen and oxygen atoms in total. The van der Waals surface area contributed by atoms with Gasteiger partial charge >= 0.3 is 0 Å². The number of hydrogen-bond donors (Lipinski definition) is 1. The molecule has 0 saturated carbocycles. The quantitative estimate of drug-likeness (QED) is 0.716. The molecule has 0 atom stereocenters. The third kappa shape index (κ3) is 5.29. The van der Waals surface area contributed by atoms with Crippen molar-refractivity contribution < 1.29 is 4.74 Å². The summed E-state index contributed by atoms with van der Waals surface area (Å²) in [5, 5.41) is 4.19. The van der Waals surface area contributed by atoms with Crippen molar-refractivity contribution in [1.29, 1.82) is 0 Å². The predicted molar refractivity (Wildman–Crippen MR) is 94.4 cm³/mol. The molecule has 5 heteroatoms. The minimum Gasteiger partial charge on any atom is -0.488 e. The van der Waals surface area contributed by atoms with Crippen molar-refractivity contribution in [2.75, 3.05) is 0 Å². The van der Waals surface area contributed by atoms with E-state index >= 15 is 0 Å². The summed E-state index contributed by atoms with van der Waals surface area (Å²) in [6.45, 7) is 7.64. The van der Waals surface area contributed by atoms with Crippen LogP contribution in [-0.2, 0) is 13.2 Å². The standard InChI is InChI=1S/C16H19BrClNOS/c1-16(2,3)19-9-12-13(18)5-4-6-14(12)20-10-11-7-8-15(17)21-11/h4-8,19H,9-10H2,1-3H3. The molecule has 1 aromatic heterocycles. The van der Waals surface area contributed by atoms with Gasteiger partial charge in [0.15, 0.2) is 0 Å². The lowest BCUT2D eigenvalue weighted by molar-refractivity contribution is 0.303. The maximum Gasteiger partial charge on any atom is 0.125 e. The Kier molecular flexibility index (Phi) is 5.72. The number of rotatable bonds is 5. The highest BCUT2D eigenvalue weighted by atomic mass is 79.9. The van der Waals surface area contributed by atoms with E-state index < -0.39 is 0 Å². The molecule has 2 aromatic rings. The monoisotopic (exact) mass is 387 g/mol. The molecule has 0 saturated heterocycles. The van der Waals surface area contributed by atoms with Gasteiger partial charge in [-0.15, -0.1) is 11.3 Å².